The van der Waals surface area contributed by atoms with Crippen LogP contribution < -0.4 is 0 Å². The average Bonchev–Trinajstić information content (AvgIpc) is 3.09. The lowest BCUT2D eigenvalue weighted by Gasteiger charge is -2.49. The molecule has 328 valence electrons. The van der Waals surface area contributed by atoms with Crippen LogP contribution in [0.5, 0.6) is 0 Å². The zero-order valence-electron chi connectivity index (χ0n) is 37.0. The summed E-state index contributed by atoms with van der Waals surface area (Å²) in [7, 11) is 8.79. The van der Waals surface area contributed by atoms with E-state index in [1.165, 1.54) is 21.1 Å². The van der Waals surface area contributed by atoms with Crippen LogP contribution in [0.15, 0.2) is 0 Å². The van der Waals surface area contributed by atoms with E-state index in [2.05, 4.69) is 4.90 Å². The van der Waals surface area contributed by atoms with E-state index in [1.54, 1.807) is 34.6 Å². The Morgan fingerprint density at radius 3 is 2.12 bits per heavy atom. The van der Waals surface area contributed by atoms with Gasteiger partial charge in [-0.05, 0) is 94.8 Å². The molecule has 0 spiro atoms. The first kappa shape index (κ1) is 48.9. The minimum absolute atomic E-state index is 0.114. The molecule has 0 aliphatic carbocycles. The SMILES string of the molecule is CC[C@H]1OC(=O)[C@H](C)[C@@H](O[C@H]2C[C@@](C)(OC)[C@@H](O)[C@H](C)O2)[C@H](C)[C@@H](O[C@@H]2O[C@H](C)C[C@H](N(C)C)[C@H]2OC(C)=O)[C@](C)(O)C[C@@H](C)CN(C)[C@H](C)[C@@H](OC)[C@]1(C)O. The number of carbonyl (C=O) groups is 2. The second-order valence-electron chi connectivity index (χ2n) is 18.0. The van der Waals surface area contributed by atoms with Crippen LogP contribution in [0.2, 0.25) is 0 Å². The van der Waals surface area contributed by atoms with E-state index < -0.39 is 95.9 Å². The van der Waals surface area contributed by atoms with E-state index in [9.17, 15) is 24.9 Å². The van der Waals surface area contributed by atoms with E-state index in [4.69, 9.17) is 37.9 Å². The van der Waals surface area contributed by atoms with Crippen molar-refractivity contribution in [1.82, 2.24) is 9.80 Å². The molecule has 0 aromatic carbocycles. The largest absolute Gasteiger partial charge is 0.459 e. The van der Waals surface area contributed by atoms with Gasteiger partial charge < -0.3 is 63.0 Å². The lowest BCUT2D eigenvalue weighted by molar-refractivity contribution is -0.318. The number of nitrogens with zero attached hydrogens (tertiary/aromatic N) is 2. The minimum atomic E-state index is -1.59. The highest BCUT2D eigenvalue weighted by molar-refractivity contribution is 5.73. The van der Waals surface area contributed by atoms with Crippen molar-refractivity contribution in [3.05, 3.63) is 0 Å². The highest BCUT2D eigenvalue weighted by Gasteiger charge is 2.53. The van der Waals surface area contributed by atoms with Crippen molar-refractivity contribution in [2.75, 3.05) is 41.9 Å². The van der Waals surface area contributed by atoms with Crippen molar-refractivity contribution in [3.63, 3.8) is 0 Å². The third kappa shape index (κ3) is 11.2. The molecule has 0 amide bonds. The molecule has 3 N–H and O–H groups in total. The highest BCUT2D eigenvalue weighted by Crippen LogP contribution is 2.40. The van der Waals surface area contributed by atoms with E-state index in [-0.39, 0.29) is 36.9 Å². The second kappa shape index (κ2) is 19.7. The number of aliphatic hydroxyl groups is 3. The monoisotopic (exact) mass is 805 g/mol. The topological polar surface area (TPSA) is 175 Å². The second-order valence-corrected chi connectivity index (χ2v) is 18.0. The lowest BCUT2D eigenvalue weighted by atomic mass is 9.77. The molecule has 56 heavy (non-hydrogen) atoms. The summed E-state index contributed by atoms with van der Waals surface area (Å²) in [5, 5.41) is 35.8. The number of rotatable bonds is 9. The predicted octanol–water partition coefficient (Wildman–Crippen LogP) is 3.13. The van der Waals surface area contributed by atoms with Crippen molar-refractivity contribution in [1.29, 1.82) is 0 Å². The quantitative estimate of drug-likeness (QED) is 0.290. The Labute approximate surface area is 335 Å². The summed E-state index contributed by atoms with van der Waals surface area (Å²) in [5.74, 6) is -3.01. The van der Waals surface area contributed by atoms with E-state index >= 15 is 0 Å². The summed E-state index contributed by atoms with van der Waals surface area (Å²) in [6.45, 7) is 20.0. The number of likely N-dealkylation sites (N-methyl/N-ethyl adjacent to an activating group) is 2. The van der Waals surface area contributed by atoms with Gasteiger partial charge >= 0.3 is 11.9 Å². The molecular weight excluding hydrogens is 728 g/mol. The number of methoxy groups -OCH3 is 2. The molecule has 3 heterocycles. The standard InChI is InChI=1S/C41H76N2O13/c1-17-30-41(11,48)36(49-15)26(6)43(14)21-22(2)19-39(9,47)35(56-38-33(53-28(8)44)29(42(12)13)18-23(3)51-38)24(4)32(25(5)37(46)54-30)55-31-20-40(10,50-16)34(45)27(7)52-31/h22-27,29-36,38,45,47-48H,17-21H2,1-16H3/t22-,23-,24+,25-,26-,27+,29+,30-,31+,32+,33-,34+,35-,36-,38+,39-,40-,41-/m1/s1. The zero-order valence-corrected chi connectivity index (χ0v) is 37.0. The van der Waals surface area contributed by atoms with E-state index in [0.29, 0.717) is 19.4 Å². The van der Waals surface area contributed by atoms with Crippen LogP contribution in [0.25, 0.3) is 0 Å². The Balaban J connectivity index is 2.24. The third-order valence-corrected chi connectivity index (χ3v) is 12.7. The first-order chi connectivity index (χ1) is 25.8. The molecule has 0 aromatic rings. The fourth-order valence-corrected chi connectivity index (χ4v) is 9.46. The number of cyclic esters (lactones) is 1. The van der Waals surface area contributed by atoms with Crippen LogP contribution in [0.4, 0.5) is 0 Å². The highest BCUT2D eigenvalue weighted by atomic mass is 16.7. The van der Waals surface area contributed by atoms with Gasteiger partial charge in [0.25, 0.3) is 0 Å². The van der Waals surface area contributed by atoms with Crippen molar-refractivity contribution in [3.8, 4) is 0 Å². The van der Waals surface area contributed by atoms with Gasteiger partial charge in [-0.3, -0.25) is 9.59 Å². The Morgan fingerprint density at radius 1 is 0.964 bits per heavy atom. The molecule has 3 fully saturated rings. The molecule has 15 nitrogen and oxygen atoms in total. The number of hydrogen-bond donors (Lipinski definition) is 3. The molecule has 0 unspecified atom stereocenters. The summed E-state index contributed by atoms with van der Waals surface area (Å²) < 4.78 is 50.1. The maximum Gasteiger partial charge on any atom is 0.311 e. The average molecular weight is 805 g/mol. The molecule has 0 radical (unpaired) electrons. The number of carbonyl (C=O) groups excluding carboxylic acids is 2. The molecule has 0 saturated carbocycles. The smallest absolute Gasteiger partial charge is 0.311 e. The van der Waals surface area contributed by atoms with Gasteiger partial charge in [0, 0.05) is 46.1 Å². The molecule has 18 atom stereocenters. The van der Waals surface area contributed by atoms with Crippen molar-refractivity contribution in [2.24, 2.45) is 17.8 Å². The number of aliphatic hydroxyl groups excluding tert-OH is 1. The van der Waals surface area contributed by atoms with Crippen LogP contribution in [0.1, 0.15) is 102 Å². The van der Waals surface area contributed by atoms with Gasteiger partial charge in [0.05, 0.1) is 47.6 Å². The lowest BCUT2D eigenvalue weighted by Crippen LogP contribution is -2.61. The van der Waals surface area contributed by atoms with Gasteiger partial charge in [-0.25, -0.2) is 0 Å². The van der Waals surface area contributed by atoms with Gasteiger partial charge in [0.1, 0.15) is 23.9 Å². The van der Waals surface area contributed by atoms with Crippen LogP contribution >= 0.6 is 0 Å². The molecular formula is C41H76N2O13. The fraction of sp³-hybridized carbons (Fsp3) is 0.951. The van der Waals surface area contributed by atoms with E-state index in [0.717, 1.165) is 0 Å². The van der Waals surface area contributed by atoms with Crippen molar-refractivity contribution < 1.29 is 62.8 Å². The van der Waals surface area contributed by atoms with Gasteiger partial charge in [-0.1, -0.05) is 20.8 Å². The first-order valence-electron chi connectivity index (χ1n) is 20.4. The Morgan fingerprint density at radius 2 is 1.59 bits per heavy atom. The van der Waals surface area contributed by atoms with Crippen molar-refractivity contribution in [2.45, 2.75) is 192 Å². The van der Waals surface area contributed by atoms with Gasteiger partial charge in [0.15, 0.2) is 18.7 Å². The minimum Gasteiger partial charge on any atom is -0.459 e. The Kier molecular flexibility index (Phi) is 17.2. The summed E-state index contributed by atoms with van der Waals surface area (Å²) in [5.41, 5.74) is -4.18. The third-order valence-electron chi connectivity index (χ3n) is 12.7. The molecule has 3 aliphatic heterocycles. The summed E-state index contributed by atoms with van der Waals surface area (Å²) >= 11 is 0. The van der Waals surface area contributed by atoms with Gasteiger partial charge in [-0.2, -0.15) is 0 Å². The Bertz CT molecular complexity index is 1270. The summed E-state index contributed by atoms with van der Waals surface area (Å²) in [6, 6.07) is -0.576. The first-order valence-corrected chi connectivity index (χ1v) is 20.4. The van der Waals surface area contributed by atoms with E-state index in [1.807, 2.05) is 60.7 Å². The van der Waals surface area contributed by atoms with Crippen LogP contribution in [-0.2, 0) is 47.5 Å². The van der Waals surface area contributed by atoms with Crippen LogP contribution in [0.3, 0.4) is 0 Å². The zero-order chi connectivity index (χ0) is 42.7. The number of hydrogen-bond acceptors (Lipinski definition) is 15. The maximum absolute atomic E-state index is 14.4. The predicted molar refractivity (Wildman–Crippen MR) is 209 cm³/mol. The molecule has 15 heteroatoms. The summed E-state index contributed by atoms with van der Waals surface area (Å²) in [4.78, 5) is 31.0. The van der Waals surface area contributed by atoms with Crippen LogP contribution in [-0.4, -0.2) is 169 Å². The molecule has 0 aromatic heterocycles. The van der Waals surface area contributed by atoms with Gasteiger partial charge in [-0.15, -0.1) is 0 Å². The maximum atomic E-state index is 14.4. The molecule has 3 aliphatic rings. The molecule has 3 rings (SSSR count). The molecule has 3 saturated heterocycles. The van der Waals surface area contributed by atoms with Gasteiger partial charge in [0.2, 0.25) is 0 Å². The normalized spacial score (nSPS) is 46.8. The summed E-state index contributed by atoms with van der Waals surface area (Å²) in [6.07, 6.45) is -7.30. The number of ether oxygens (including phenoxy) is 8. The molecule has 0 bridgehead atoms. The van der Waals surface area contributed by atoms with Crippen molar-refractivity contribution >= 4 is 11.9 Å². The number of esters is 2. The van der Waals surface area contributed by atoms with Crippen LogP contribution in [0, 0.1) is 17.8 Å². The fourth-order valence-electron chi connectivity index (χ4n) is 9.46. The Hall–Kier alpha value is -1.50.